The number of carbonyl (C=O) groups excluding carboxylic acids is 1. The Kier molecular flexibility index (Phi) is 3.61. The van der Waals surface area contributed by atoms with Gasteiger partial charge in [-0.15, -0.1) is 0 Å². The number of fused-ring (bicyclic) bond motifs is 1. The molecule has 1 aliphatic rings. The monoisotopic (exact) mass is 280 g/mol. The van der Waals surface area contributed by atoms with Gasteiger partial charge >= 0.3 is 0 Å². The molecule has 2 rings (SSSR count). The highest BCUT2D eigenvalue weighted by Gasteiger charge is 2.31. The van der Waals surface area contributed by atoms with Crippen molar-refractivity contribution in [3.05, 3.63) is 18.2 Å². The molecule has 0 bridgehead atoms. The molecule has 6 heteroatoms. The van der Waals surface area contributed by atoms with Gasteiger partial charge in [0.15, 0.2) is 11.5 Å². The highest BCUT2D eigenvalue weighted by atomic mass is 32.1. The van der Waals surface area contributed by atoms with Crippen LogP contribution in [-0.2, 0) is 4.79 Å². The molecule has 0 unspecified atom stereocenters. The average Bonchev–Trinajstić information content (AvgIpc) is 2.38. The quantitative estimate of drug-likeness (QED) is 0.825. The zero-order valence-electron chi connectivity index (χ0n) is 10.9. The van der Waals surface area contributed by atoms with Crippen LogP contribution < -0.4 is 20.5 Å². The summed E-state index contributed by atoms with van der Waals surface area (Å²) in [5.41, 5.74) is 5.29. The van der Waals surface area contributed by atoms with E-state index in [0.29, 0.717) is 30.4 Å². The van der Waals surface area contributed by atoms with E-state index >= 15 is 0 Å². The fourth-order valence-corrected chi connectivity index (χ4v) is 1.61. The third-order valence-corrected chi connectivity index (χ3v) is 3.49. The van der Waals surface area contributed by atoms with Crippen molar-refractivity contribution in [1.82, 2.24) is 0 Å². The normalized spacial score (nSPS) is 13.8. The largest absolute Gasteiger partial charge is 0.486 e. The summed E-state index contributed by atoms with van der Waals surface area (Å²) in [5, 5.41) is 2.77. The SMILES string of the molecule is CC(C)(C(=O)Nc1ccc2c(c1)OCCO2)C(N)=S. The Labute approximate surface area is 117 Å². The molecule has 0 spiro atoms. The fraction of sp³-hybridized carbons (Fsp3) is 0.385. The van der Waals surface area contributed by atoms with Crippen LogP contribution in [-0.4, -0.2) is 24.1 Å². The molecule has 3 N–H and O–H groups in total. The van der Waals surface area contributed by atoms with E-state index < -0.39 is 5.41 Å². The van der Waals surface area contributed by atoms with Gasteiger partial charge in [0.05, 0.1) is 10.4 Å². The highest BCUT2D eigenvalue weighted by Crippen LogP contribution is 2.33. The minimum Gasteiger partial charge on any atom is -0.486 e. The summed E-state index contributed by atoms with van der Waals surface area (Å²) in [4.78, 5) is 12.2. The Balaban J connectivity index is 2.16. The van der Waals surface area contributed by atoms with E-state index in [4.69, 9.17) is 27.4 Å². The maximum absolute atomic E-state index is 12.1. The van der Waals surface area contributed by atoms with Crippen molar-refractivity contribution in [3.8, 4) is 11.5 Å². The Morgan fingerprint density at radius 2 is 1.95 bits per heavy atom. The van der Waals surface area contributed by atoms with E-state index in [1.807, 2.05) is 0 Å². The number of hydrogen-bond donors (Lipinski definition) is 2. The molecule has 0 saturated heterocycles. The van der Waals surface area contributed by atoms with Gasteiger partial charge in [0, 0.05) is 11.8 Å². The molecule has 0 aliphatic carbocycles. The number of benzene rings is 1. The van der Waals surface area contributed by atoms with Crippen LogP contribution in [0.15, 0.2) is 18.2 Å². The van der Waals surface area contributed by atoms with Crippen LogP contribution >= 0.6 is 12.2 Å². The first-order valence-corrected chi connectivity index (χ1v) is 6.33. The summed E-state index contributed by atoms with van der Waals surface area (Å²) < 4.78 is 10.9. The average molecular weight is 280 g/mol. The van der Waals surface area contributed by atoms with Gasteiger partial charge in [-0.1, -0.05) is 12.2 Å². The molecule has 0 atom stereocenters. The van der Waals surface area contributed by atoms with Gasteiger partial charge in [-0.25, -0.2) is 0 Å². The smallest absolute Gasteiger partial charge is 0.236 e. The number of nitrogens with one attached hydrogen (secondary N) is 1. The first kappa shape index (κ1) is 13.6. The Morgan fingerprint density at radius 3 is 2.58 bits per heavy atom. The van der Waals surface area contributed by atoms with E-state index in [0.717, 1.165) is 0 Å². The third-order valence-electron chi connectivity index (χ3n) is 2.98. The van der Waals surface area contributed by atoms with E-state index in [9.17, 15) is 4.79 Å². The molecule has 5 nitrogen and oxygen atoms in total. The molecule has 1 amide bonds. The van der Waals surface area contributed by atoms with Crippen molar-refractivity contribution in [2.75, 3.05) is 18.5 Å². The minimum atomic E-state index is -0.900. The summed E-state index contributed by atoms with van der Waals surface area (Å²) in [6, 6.07) is 5.24. The first-order chi connectivity index (χ1) is 8.91. The molecular weight excluding hydrogens is 264 g/mol. The summed E-state index contributed by atoms with van der Waals surface area (Å²) in [5.74, 6) is 1.05. The van der Waals surface area contributed by atoms with Crippen LogP contribution in [0.25, 0.3) is 0 Å². The maximum Gasteiger partial charge on any atom is 0.236 e. The number of hydrogen-bond acceptors (Lipinski definition) is 4. The summed E-state index contributed by atoms with van der Waals surface area (Å²) in [6.07, 6.45) is 0. The lowest BCUT2D eigenvalue weighted by Gasteiger charge is -2.23. The van der Waals surface area contributed by atoms with Crippen molar-refractivity contribution >= 4 is 28.8 Å². The lowest BCUT2D eigenvalue weighted by atomic mass is 9.92. The minimum absolute atomic E-state index is 0.155. The molecule has 0 aromatic heterocycles. The zero-order valence-corrected chi connectivity index (χ0v) is 11.7. The van der Waals surface area contributed by atoms with Crippen molar-refractivity contribution in [3.63, 3.8) is 0 Å². The van der Waals surface area contributed by atoms with E-state index in [1.54, 1.807) is 32.0 Å². The van der Waals surface area contributed by atoms with Crippen molar-refractivity contribution in [2.24, 2.45) is 11.1 Å². The molecular formula is C13H16N2O3S. The molecule has 0 saturated carbocycles. The molecule has 0 fully saturated rings. The van der Waals surface area contributed by atoms with Gasteiger partial charge in [-0.05, 0) is 26.0 Å². The molecule has 19 heavy (non-hydrogen) atoms. The number of nitrogens with two attached hydrogens (primary N) is 1. The van der Waals surface area contributed by atoms with Gasteiger partial charge in [0.2, 0.25) is 5.91 Å². The Bertz CT molecular complexity index is 529. The van der Waals surface area contributed by atoms with Gasteiger partial charge < -0.3 is 20.5 Å². The topological polar surface area (TPSA) is 73.6 Å². The van der Waals surface area contributed by atoms with E-state index in [1.165, 1.54) is 0 Å². The summed E-state index contributed by atoms with van der Waals surface area (Å²) in [7, 11) is 0. The lowest BCUT2D eigenvalue weighted by molar-refractivity contribution is -0.121. The van der Waals surface area contributed by atoms with E-state index in [2.05, 4.69) is 5.32 Å². The molecule has 0 radical (unpaired) electrons. The second-order valence-electron chi connectivity index (χ2n) is 4.80. The second kappa shape index (κ2) is 5.05. The first-order valence-electron chi connectivity index (χ1n) is 5.92. The van der Waals surface area contributed by atoms with Gasteiger partial charge in [0.1, 0.15) is 13.2 Å². The number of carbonyl (C=O) groups is 1. The molecule has 1 aromatic rings. The molecule has 1 aliphatic heterocycles. The zero-order chi connectivity index (χ0) is 14.0. The van der Waals surface area contributed by atoms with Gasteiger partial charge in [0.25, 0.3) is 0 Å². The standard InChI is InChI=1S/C13H16N2O3S/c1-13(2,11(14)19)12(16)15-8-3-4-9-10(7-8)18-6-5-17-9/h3-4,7H,5-6H2,1-2H3,(H2,14,19)(H,15,16). The number of thiocarbonyl (C=S) groups is 1. The van der Waals surface area contributed by atoms with Crippen LogP contribution in [0.5, 0.6) is 11.5 Å². The summed E-state index contributed by atoms with van der Waals surface area (Å²) in [6.45, 7) is 4.40. The molecule has 1 aromatic carbocycles. The van der Waals surface area contributed by atoms with Crippen LogP contribution in [0.2, 0.25) is 0 Å². The maximum atomic E-state index is 12.1. The fourth-order valence-electron chi connectivity index (χ4n) is 1.52. The van der Waals surface area contributed by atoms with Crippen LogP contribution in [0, 0.1) is 5.41 Å². The number of anilines is 1. The van der Waals surface area contributed by atoms with Crippen LogP contribution in [0.1, 0.15) is 13.8 Å². The van der Waals surface area contributed by atoms with Crippen LogP contribution in [0.3, 0.4) is 0 Å². The predicted octanol–water partition coefficient (Wildman–Crippen LogP) is 1.71. The number of amides is 1. The second-order valence-corrected chi connectivity index (χ2v) is 5.24. The Morgan fingerprint density at radius 1 is 1.32 bits per heavy atom. The summed E-state index contributed by atoms with van der Waals surface area (Å²) >= 11 is 4.89. The highest BCUT2D eigenvalue weighted by molar-refractivity contribution is 7.80. The number of ether oxygens (including phenoxy) is 2. The third kappa shape index (κ3) is 2.78. The molecule has 102 valence electrons. The molecule has 1 heterocycles. The van der Waals surface area contributed by atoms with Gasteiger partial charge in [-0.2, -0.15) is 0 Å². The number of rotatable bonds is 3. The lowest BCUT2D eigenvalue weighted by Crippen LogP contribution is -2.41. The van der Waals surface area contributed by atoms with Gasteiger partial charge in [-0.3, -0.25) is 4.79 Å². The van der Waals surface area contributed by atoms with E-state index in [-0.39, 0.29) is 10.9 Å². The predicted molar refractivity (Wildman–Crippen MR) is 76.6 cm³/mol. The van der Waals surface area contributed by atoms with Crippen LogP contribution in [0.4, 0.5) is 5.69 Å². The Hall–Kier alpha value is -1.82. The van der Waals surface area contributed by atoms with Crippen molar-refractivity contribution in [2.45, 2.75) is 13.8 Å². The van der Waals surface area contributed by atoms with Crippen molar-refractivity contribution in [1.29, 1.82) is 0 Å². The van der Waals surface area contributed by atoms with Crippen molar-refractivity contribution < 1.29 is 14.3 Å².